The third kappa shape index (κ3) is 4.97. The minimum absolute atomic E-state index is 0.0926. The van der Waals surface area contributed by atoms with Gasteiger partial charge in [0.25, 0.3) is 5.91 Å². The van der Waals surface area contributed by atoms with Gasteiger partial charge >= 0.3 is 0 Å². The van der Waals surface area contributed by atoms with Crippen molar-refractivity contribution in [2.24, 2.45) is 5.10 Å². The Kier molecular flexibility index (Phi) is 6.66. The minimum Gasteiger partial charge on any atom is -0.338 e. The number of benzene rings is 1. The van der Waals surface area contributed by atoms with Gasteiger partial charge in [-0.2, -0.15) is 5.10 Å². The number of nitrogens with one attached hydrogen (secondary N) is 2. The van der Waals surface area contributed by atoms with Gasteiger partial charge in [0.15, 0.2) is 5.11 Å². The van der Waals surface area contributed by atoms with Crippen molar-refractivity contribution >= 4 is 34.6 Å². The van der Waals surface area contributed by atoms with Crippen molar-refractivity contribution in [1.82, 2.24) is 10.3 Å². The topological polar surface area (TPSA) is 56.7 Å². The molecular weight excluding hydrogens is 272 g/mol. The summed E-state index contributed by atoms with van der Waals surface area (Å²) in [7, 11) is 0. The predicted octanol–water partition coefficient (Wildman–Crippen LogP) is 2.22. The van der Waals surface area contributed by atoms with Gasteiger partial charge < -0.3 is 10.2 Å². The molecule has 0 heterocycles. The van der Waals surface area contributed by atoms with E-state index in [4.69, 9.17) is 12.2 Å². The highest BCUT2D eigenvalue weighted by Gasteiger charge is 2.12. The van der Waals surface area contributed by atoms with E-state index >= 15 is 0 Å². The first-order chi connectivity index (χ1) is 9.58. The largest absolute Gasteiger partial charge is 0.338 e. The molecule has 1 rings (SSSR count). The number of para-hydroxylation sites is 1. The number of carbonyl (C=O) groups is 1. The molecule has 0 aliphatic rings. The molecule has 6 heteroatoms. The predicted molar refractivity (Wildman–Crippen MR) is 86.8 cm³/mol. The summed E-state index contributed by atoms with van der Waals surface area (Å²) in [6.07, 6.45) is 0. The number of rotatable bonds is 5. The van der Waals surface area contributed by atoms with Crippen molar-refractivity contribution in [3.8, 4) is 0 Å². The zero-order valence-corrected chi connectivity index (χ0v) is 12.8. The van der Waals surface area contributed by atoms with Crippen LogP contribution in [0, 0.1) is 0 Å². The lowest BCUT2D eigenvalue weighted by Gasteiger charge is -2.18. The Morgan fingerprint density at radius 3 is 2.40 bits per heavy atom. The lowest BCUT2D eigenvalue weighted by Crippen LogP contribution is -2.36. The van der Waals surface area contributed by atoms with Crippen LogP contribution in [-0.4, -0.2) is 34.7 Å². The van der Waals surface area contributed by atoms with Gasteiger partial charge in [-0.05, 0) is 45.1 Å². The van der Waals surface area contributed by atoms with Crippen LogP contribution in [0.15, 0.2) is 35.4 Å². The first-order valence-corrected chi connectivity index (χ1v) is 6.94. The van der Waals surface area contributed by atoms with Crippen molar-refractivity contribution in [3.63, 3.8) is 0 Å². The maximum absolute atomic E-state index is 12.0. The van der Waals surface area contributed by atoms with Gasteiger partial charge in [-0.15, -0.1) is 0 Å². The van der Waals surface area contributed by atoms with E-state index in [1.807, 2.05) is 44.2 Å². The lowest BCUT2D eigenvalue weighted by atomic mass is 10.3. The molecule has 0 unspecified atom stereocenters. The van der Waals surface area contributed by atoms with Gasteiger partial charge in [-0.3, -0.25) is 10.2 Å². The Morgan fingerprint density at radius 1 is 1.25 bits per heavy atom. The Morgan fingerprint density at radius 2 is 1.85 bits per heavy atom. The quantitative estimate of drug-likeness (QED) is 0.496. The highest BCUT2D eigenvalue weighted by atomic mass is 32.1. The molecule has 1 amide bonds. The normalized spacial score (nSPS) is 10.8. The molecule has 108 valence electrons. The second-order valence-corrected chi connectivity index (χ2v) is 4.51. The number of amides is 1. The van der Waals surface area contributed by atoms with Gasteiger partial charge in [0.1, 0.15) is 5.71 Å². The minimum atomic E-state index is -0.0926. The van der Waals surface area contributed by atoms with Crippen LogP contribution in [0.5, 0.6) is 0 Å². The molecule has 0 aliphatic carbocycles. The molecule has 1 aromatic rings. The number of carbonyl (C=O) groups excluding carboxylic acids is 1. The number of hydrazone groups is 1. The highest BCUT2D eigenvalue weighted by molar-refractivity contribution is 7.80. The average Bonchev–Trinajstić information content (AvgIpc) is 2.47. The van der Waals surface area contributed by atoms with Crippen LogP contribution < -0.4 is 10.7 Å². The van der Waals surface area contributed by atoms with Gasteiger partial charge in [-0.1, -0.05) is 18.2 Å². The molecule has 2 N–H and O–H groups in total. The summed E-state index contributed by atoms with van der Waals surface area (Å²) in [5.74, 6) is -0.0926. The maximum Gasteiger partial charge on any atom is 0.269 e. The van der Waals surface area contributed by atoms with Crippen LogP contribution in [0.25, 0.3) is 0 Å². The first-order valence-electron chi connectivity index (χ1n) is 6.54. The Balaban J connectivity index is 2.54. The summed E-state index contributed by atoms with van der Waals surface area (Å²) in [5.41, 5.74) is 3.92. The standard InChI is InChI=1S/C14H20N4OS/c1-4-18(5-2)13(19)11(3)16-17-14(20)15-12-9-7-6-8-10-12/h6-10H,4-5H2,1-3H3,(H2,15,17,20). The molecule has 0 fully saturated rings. The van der Waals surface area contributed by atoms with E-state index in [-0.39, 0.29) is 5.91 Å². The molecule has 0 saturated heterocycles. The van der Waals surface area contributed by atoms with Gasteiger partial charge in [0.05, 0.1) is 0 Å². The molecule has 5 nitrogen and oxygen atoms in total. The molecule has 20 heavy (non-hydrogen) atoms. The summed E-state index contributed by atoms with van der Waals surface area (Å²) in [4.78, 5) is 13.7. The molecule has 0 aromatic heterocycles. The summed E-state index contributed by atoms with van der Waals surface area (Å²) in [6, 6.07) is 9.52. The maximum atomic E-state index is 12.0. The zero-order valence-electron chi connectivity index (χ0n) is 12.0. The van der Waals surface area contributed by atoms with Crippen molar-refractivity contribution < 1.29 is 4.79 Å². The number of anilines is 1. The van der Waals surface area contributed by atoms with E-state index in [0.29, 0.717) is 23.9 Å². The fourth-order valence-electron chi connectivity index (χ4n) is 1.60. The van der Waals surface area contributed by atoms with E-state index in [0.717, 1.165) is 5.69 Å². The van der Waals surface area contributed by atoms with Crippen molar-refractivity contribution in [2.45, 2.75) is 20.8 Å². The molecule has 0 bridgehead atoms. The second kappa shape index (κ2) is 8.27. The summed E-state index contributed by atoms with van der Waals surface area (Å²) in [6.45, 7) is 6.86. The first kappa shape index (κ1) is 16.1. The Labute approximate surface area is 125 Å². The van der Waals surface area contributed by atoms with E-state index in [9.17, 15) is 4.79 Å². The van der Waals surface area contributed by atoms with Crippen molar-refractivity contribution in [3.05, 3.63) is 30.3 Å². The van der Waals surface area contributed by atoms with Crippen LogP contribution in [0.2, 0.25) is 0 Å². The third-order valence-corrected chi connectivity index (χ3v) is 2.91. The number of thiocarbonyl (C=S) groups is 1. The molecule has 1 aromatic carbocycles. The van der Waals surface area contributed by atoms with E-state index < -0.39 is 0 Å². The van der Waals surface area contributed by atoms with Crippen LogP contribution in [0.1, 0.15) is 20.8 Å². The fraction of sp³-hybridized carbons (Fsp3) is 0.357. The third-order valence-electron chi connectivity index (χ3n) is 2.72. The smallest absolute Gasteiger partial charge is 0.269 e. The lowest BCUT2D eigenvalue weighted by molar-refractivity contribution is -0.123. The SMILES string of the molecule is CCN(CC)C(=O)C(C)=NNC(=S)Nc1ccccc1. The number of nitrogens with zero attached hydrogens (tertiary/aromatic N) is 2. The van der Waals surface area contributed by atoms with Crippen LogP contribution in [0.3, 0.4) is 0 Å². The fourth-order valence-corrected chi connectivity index (χ4v) is 1.77. The second-order valence-electron chi connectivity index (χ2n) is 4.11. The van der Waals surface area contributed by atoms with Crippen molar-refractivity contribution in [1.29, 1.82) is 0 Å². The monoisotopic (exact) mass is 292 g/mol. The summed E-state index contributed by atoms with van der Waals surface area (Å²) >= 11 is 5.11. The van der Waals surface area contributed by atoms with Gasteiger partial charge in [0.2, 0.25) is 0 Å². The van der Waals surface area contributed by atoms with Gasteiger partial charge in [0, 0.05) is 18.8 Å². The molecule has 0 aliphatic heterocycles. The van der Waals surface area contributed by atoms with E-state index in [1.165, 1.54) is 0 Å². The molecule has 0 saturated carbocycles. The molecule has 0 spiro atoms. The zero-order chi connectivity index (χ0) is 15.0. The van der Waals surface area contributed by atoms with E-state index in [1.54, 1.807) is 11.8 Å². The number of hydrogen-bond donors (Lipinski definition) is 2. The molecule has 0 radical (unpaired) electrons. The Hall–Kier alpha value is -1.95. The van der Waals surface area contributed by atoms with Crippen LogP contribution in [0.4, 0.5) is 5.69 Å². The van der Waals surface area contributed by atoms with E-state index in [2.05, 4.69) is 15.8 Å². The Bertz CT molecular complexity index is 483. The molecule has 0 atom stereocenters. The summed E-state index contributed by atoms with van der Waals surface area (Å²) < 4.78 is 0. The van der Waals surface area contributed by atoms with Crippen LogP contribution >= 0.6 is 12.2 Å². The molecular formula is C14H20N4OS. The van der Waals surface area contributed by atoms with Crippen LogP contribution in [-0.2, 0) is 4.79 Å². The number of hydrogen-bond acceptors (Lipinski definition) is 3. The highest BCUT2D eigenvalue weighted by Crippen LogP contribution is 2.04. The average molecular weight is 292 g/mol. The summed E-state index contributed by atoms with van der Waals surface area (Å²) in [5, 5.41) is 7.34. The van der Waals surface area contributed by atoms with Gasteiger partial charge in [-0.25, -0.2) is 0 Å². The van der Waals surface area contributed by atoms with Crippen molar-refractivity contribution in [2.75, 3.05) is 18.4 Å².